The highest BCUT2D eigenvalue weighted by Crippen LogP contribution is 2.31. The number of aryl methyl sites for hydroxylation is 1. The summed E-state index contributed by atoms with van der Waals surface area (Å²) in [5.41, 5.74) is 8.03. The van der Waals surface area contributed by atoms with Crippen LogP contribution >= 0.6 is 0 Å². The lowest BCUT2D eigenvalue weighted by atomic mass is 9.85. The van der Waals surface area contributed by atoms with Gasteiger partial charge >= 0.3 is 0 Å². The van der Waals surface area contributed by atoms with Crippen molar-refractivity contribution < 1.29 is 9.13 Å². The SMILES string of the molecule is Cc1cc(-c2cnc(C3(CN)COC3)[nH]2)ccc1F. The van der Waals surface area contributed by atoms with Gasteiger partial charge in [-0.1, -0.05) is 0 Å². The molecule has 1 aromatic heterocycles. The number of nitrogens with two attached hydrogens (primary N) is 1. The fourth-order valence-corrected chi connectivity index (χ4v) is 2.25. The van der Waals surface area contributed by atoms with Gasteiger partial charge in [-0.3, -0.25) is 0 Å². The van der Waals surface area contributed by atoms with Crippen LogP contribution in [-0.2, 0) is 10.2 Å². The third-order valence-electron chi connectivity index (χ3n) is 3.69. The third kappa shape index (κ3) is 1.95. The molecule has 1 aromatic carbocycles. The number of imidazole rings is 1. The highest BCUT2D eigenvalue weighted by molar-refractivity contribution is 5.59. The summed E-state index contributed by atoms with van der Waals surface area (Å²) in [6, 6.07) is 5.02. The number of H-pyrrole nitrogens is 1. The summed E-state index contributed by atoms with van der Waals surface area (Å²) >= 11 is 0. The van der Waals surface area contributed by atoms with Gasteiger partial charge in [0.2, 0.25) is 0 Å². The number of hydrogen-bond acceptors (Lipinski definition) is 3. The van der Waals surface area contributed by atoms with Crippen LogP contribution in [0, 0.1) is 12.7 Å². The Morgan fingerprint density at radius 2 is 2.26 bits per heavy atom. The highest BCUT2D eigenvalue weighted by Gasteiger charge is 2.41. The summed E-state index contributed by atoms with van der Waals surface area (Å²) in [4.78, 5) is 7.68. The summed E-state index contributed by atoms with van der Waals surface area (Å²) < 4.78 is 18.5. The van der Waals surface area contributed by atoms with E-state index in [1.54, 1.807) is 25.3 Å². The molecule has 1 aliphatic heterocycles. The van der Waals surface area contributed by atoms with Gasteiger partial charge in [0, 0.05) is 12.1 Å². The molecule has 0 bridgehead atoms. The largest absolute Gasteiger partial charge is 0.379 e. The van der Waals surface area contributed by atoms with Crippen molar-refractivity contribution in [2.45, 2.75) is 12.3 Å². The first-order chi connectivity index (χ1) is 9.14. The van der Waals surface area contributed by atoms with Gasteiger partial charge in [0.05, 0.1) is 30.5 Å². The van der Waals surface area contributed by atoms with Crippen molar-refractivity contribution in [1.82, 2.24) is 9.97 Å². The van der Waals surface area contributed by atoms with E-state index in [-0.39, 0.29) is 11.2 Å². The number of hydrogen-bond donors (Lipinski definition) is 2. The van der Waals surface area contributed by atoms with Crippen molar-refractivity contribution in [2.75, 3.05) is 19.8 Å². The Morgan fingerprint density at radius 1 is 1.47 bits per heavy atom. The van der Waals surface area contributed by atoms with Gasteiger partial charge in [-0.2, -0.15) is 0 Å². The molecule has 100 valence electrons. The second kappa shape index (κ2) is 4.43. The average molecular weight is 261 g/mol. The molecule has 3 rings (SSSR count). The van der Waals surface area contributed by atoms with Crippen molar-refractivity contribution in [3.8, 4) is 11.3 Å². The molecule has 1 aliphatic rings. The molecule has 0 saturated carbocycles. The van der Waals surface area contributed by atoms with Crippen molar-refractivity contribution in [3.05, 3.63) is 41.6 Å². The summed E-state index contributed by atoms with van der Waals surface area (Å²) in [6.07, 6.45) is 1.76. The molecule has 0 amide bonds. The van der Waals surface area contributed by atoms with Gasteiger partial charge in [0.15, 0.2) is 0 Å². The van der Waals surface area contributed by atoms with Gasteiger partial charge in [0.25, 0.3) is 0 Å². The number of nitrogens with one attached hydrogen (secondary N) is 1. The smallest absolute Gasteiger partial charge is 0.126 e. The van der Waals surface area contributed by atoms with E-state index in [1.807, 2.05) is 0 Å². The van der Waals surface area contributed by atoms with Crippen molar-refractivity contribution >= 4 is 0 Å². The minimum absolute atomic E-state index is 0.187. The quantitative estimate of drug-likeness (QED) is 0.884. The second-order valence-electron chi connectivity index (χ2n) is 5.09. The van der Waals surface area contributed by atoms with E-state index in [2.05, 4.69) is 9.97 Å². The van der Waals surface area contributed by atoms with Crippen molar-refractivity contribution in [1.29, 1.82) is 0 Å². The van der Waals surface area contributed by atoms with E-state index < -0.39 is 0 Å². The lowest BCUT2D eigenvalue weighted by Gasteiger charge is -2.38. The Hall–Kier alpha value is -1.72. The number of rotatable bonds is 3. The molecule has 3 N–H and O–H groups in total. The van der Waals surface area contributed by atoms with Gasteiger partial charge in [-0.05, 0) is 30.7 Å². The Labute approximate surface area is 110 Å². The first-order valence-corrected chi connectivity index (χ1v) is 6.24. The molecule has 0 unspecified atom stereocenters. The summed E-state index contributed by atoms with van der Waals surface area (Å²) in [5.74, 6) is 0.646. The number of nitrogens with zero attached hydrogens (tertiary/aromatic N) is 1. The lowest BCUT2D eigenvalue weighted by Crippen LogP contribution is -2.52. The van der Waals surface area contributed by atoms with Gasteiger partial charge in [-0.25, -0.2) is 9.37 Å². The molecule has 0 spiro atoms. The number of halogens is 1. The summed E-state index contributed by atoms with van der Waals surface area (Å²) in [5, 5.41) is 0. The third-order valence-corrected chi connectivity index (χ3v) is 3.69. The standard InChI is InChI=1S/C14H16FN3O/c1-9-4-10(2-3-11(9)15)12-5-17-13(18-12)14(6-16)7-19-8-14/h2-5H,6-8,16H2,1H3,(H,17,18). The van der Waals surface area contributed by atoms with E-state index in [0.717, 1.165) is 17.1 Å². The summed E-state index contributed by atoms with van der Waals surface area (Å²) in [7, 11) is 0. The zero-order valence-electron chi connectivity index (χ0n) is 10.7. The molecule has 1 saturated heterocycles. The van der Waals surface area contributed by atoms with Crippen LogP contribution in [0.5, 0.6) is 0 Å². The minimum Gasteiger partial charge on any atom is -0.379 e. The van der Waals surface area contributed by atoms with Crippen LogP contribution in [0.25, 0.3) is 11.3 Å². The van der Waals surface area contributed by atoms with Crippen LogP contribution < -0.4 is 5.73 Å². The van der Waals surface area contributed by atoms with E-state index in [4.69, 9.17) is 10.5 Å². The zero-order chi connectivity index (χ0) is 13.5. The van der Waals surface area contributed by atoms with Crippen LogP contribution in [0.4, 0.5) is 4.39 Å². The molecule has 0 atom stereocenters. The second-order valence-corrected chi connectivity index (χ2v) is 5.09. The van der Waals surface area contributed by atoms with Crippen LogP contribution in [0.1, 0.15) is 11.4 Å². The Kier molecular flexibility index (Phi) is 2.88. The van der Waals surface area contributed by atoms with Gasteiger partial charge < -0.3 is 15.5 Å². The number of benzene rings is 1. The average Bonchev–Trinajstić information content (AvgIpc) is 2.82. The zero-order valence-corrected chi connectivity index (χ0v) is 10.7. The molecule has 5 heteroatoms. The van der Waals surface area contributed by atoms with Gasteiger partial charge in [-0.15, -0.1) is 0 Å². The van der Waals surface area contributed by atoms with E-state index in [1.165, 1.54) is 6.07 Å². The first kappa shape index (κ1) is 12.3. The molecule has 2 aromatic rings. The number of aromatic amines is 1. The first-order valence-electron chi connectivity index (χ1n) is 6.24. The molecule has 2 heterocycles. The Bertz CT molecular complexity index is 599. The number of aromatic nitrogens is 2. The Morgan fingerprint density at radius 3 is 2.84 bits per heavy atom. The molecule has 1 fully saturated rings. The maximum atomic E-state index is 13.3. The van der Waals surface area contributed by atoms with Crippen molar-refractivity contribution in [2.24, 2.45) is 5.73 Å². The Balaban J connectivity index is 1.94. The fraction of sp³-hybridized carbons (Fsp3) is 0.357. The van der Waals surface area contributed by atoms with Crippen LogP contribution in [0.15, 0.2) is 24.4 Å². The maximum Gasteiger partial charge on any atom is 0.126 e. The highest BCUT2D eigenvalue weighted by atomic mass is 19.1. The molecular weight excluding hydrogens is 245 g/mol. The molecule has 0 radical (unpaired) electrons. The lowest BCUT2D eigenvalue weighted by molar-refractivity contribution is -0.0589. The van der Waals surface area contributed by atoms with Crippen molar-refractivity contribution in [3.63, 3.8) is 0 Å². The predicted molar refractivity (Wildman–Crippen MR) is 70.3 cm³/mol. The van der Waals surface area contributed by atoms with E-state index in [0.29, 0.717) is 25.3 Å². The fourth-order valence-electron chi connectivity index (χ4n) is 2.25. The van der Waals surface area contributed by atoms with Crippen LogP contribution in [-0.4, -0.2) is 29.7 Å². The number of ether oxygens (including phenoxy) is 1. The minimum atomic E-state index is -0.200. The molecule has 4 nitrogen and oxygen atoms in total. The van der Waals surface area contributed by atoms with Gasteiger partial charge in [0.1, 0.15) is 11.6 Å². The summed E-state index contributed by atoms with van der Waals surface area (Å²) in [6.45, 7) is 3.44. The maximum absolute atomic E-state index is 13.3. The van der Waals surface area contributed by atoms with Crippen LogP contribution in [0.2, 0.25) is 0 Å². The molecular formula is C14H16FN3O. The topological polar surface area (TPSA) is 63.9 Å². The normalized spacial score (nSPS) is 17.2. The molecule has 0 aliphatic carbocycles. The van der Waals surface area contributed by atoms with Crippen LogP contribution in [0.3, 0.4) is 0 Å². The predicted octanol–water partition coefficient (Wildman–Crippen LogP) is 1.75. The molecule has 19 heavy (non-hydrogen) atoms. The van der Waals surface area contributed by atoms with E-state index in [9.17, 15) is 4.39 Å². The van der Waals surface area contributed by atoms with E-state index >= 15 is 0 Å². The monoisotopic (exact) mass is 261 g/mol.